The number of nitrogens with zero attached hydrogens (tertiary/aromatic N) is 3. The highest BCUT2D eigenvalue weighted by atomic mass is 16.5. The summed E-state index contributed by atoms with van der Waals surface area (Å²) >= 11 is 0. The van der Waals surface area contributed by atoms with Gasteiger partial charge in [0.25, 0.3) is 0 Å². The van der Waals surface area contributed by atoms with E-state index in [9.17, 15) is 4.79 Å². The van der Waals surface area contributed by atoms with Crippen molar-refractivity contribution in [3.63, 3.8) is 0 Å². The average Bonchev–Trinajstić information content (AvgIpc) is 2.97. The smallest absolute Gasteiger partial charge is 0.241 e. The van der Waals surface area contributed by atoms with E-state index in [1.807, 2.05) is 30.3 Å². The Kier molecular flexibility index (Phi) is 3.96. The van der Waals surface area contributed by atoms with Crippen LogP contribution < -0.4 is 5.73 Å². The molecule has 6 heteroatoms. The molecule has 2 N–H and O–H groups in total. The van der Waals surface area contributed by atoms with Crippen LogP contribution >= 0.6 is 0 Å². The third-order valence-electron chi connectivity index (χ3n) is 3.77. The molecule has 2 heterocycles. The first-order valence-electron chi connectivity index (χ1n) is 7.12. The minimum atomic E-state index is -0.227. The molecule has 1 amide bonds. The van der Waals surface area contributed by atoms with E-state index in [0.29, 0.717) is 24.8 Å². The van der Waals surface area contributed by atoms with Gasteiger partial charge >= 0.3 is 0 Å². The second-order valence-electron chi connectivity index (χ2n) is 5.35. The Morgan fingerprint density at radius 2 is 2.19 bits per heavy atom. The van der Waals surface area contributed by atoms with Gasteiger partial charge in [-0.1, -0.05) is 35.5 Å². The lowest BCUT2D eigenvalue weighted by atomic mass is 9.97. The van der Waals surface area contributed by atoms with E-state index in [2.05, 4.69) is 15.0 Å². The van der Waals surface area contributed by atoms with Gasteiger partial charge in [-0.05, 0) is 19.4 Å². The third-order valence-corrected chi connectivity index (χ3v) is 3.77. The van der Waals surface area contributed by atoms with Gasteiger partial charge in [0.05, 0.1) is 12.5 Å². The van der Waals surface area contributed by atoms with Crippen LogP contribution in [0.3, 0.4) is 0 Å². The highest BCUT2D eigenvalue weighted by Crippen LogP contribution is 2.19. The lowest BCUT2D eigenvalue weighted by molar-refractivity contribution is -0.123. The summed E-state index contributed by atoms with van der Waals surface area (Å²) in [6.45, 7) is 2.15. The van der Waals surface area contributed by atoms with Crippen molar-refractivity contribution in [2.75, 3.05) is 13.1 Å². The van der Waals surface area contributed by atoms with E-state index in [1.165, 1.54) is 0 Å². The van der Waals surface area contributed by atoms with Gasteiger partial charge in [-0.2, -0.15) is 4.98 Å². The number of aromatic nitrogens is 2. The Hall–Kier alpha value is -2.21. The number of amides is 1. The topological polar surface area (TPSA) is 85.3 Å². The highest BCUT2D eigenvalue weighted by Gasteiger charge is 2.25. The van der Waals surface area contributed by atoms with Gasteiger partial charge in [0.15, 0.2) is 0 Å². The minimum absolute atomic E-state index is 0.0738. The van der Waals surface area contributed by atoms with Crippen LogP contribution in [-0.4, -0.2) is 34.0 Å². The van der Waals surface area contributed by atoms with Gasteiger partial charge in [-0.3, -0.25) is 9.69 Å². The number of primary amides is 1. The molecule has 6 nitrogen and oxygen atoms in total. The second-order valence-corrected chi connectivity index (χ2v) is 5.35. The van der Waals surface area contributed by atoms with Crippen LogP contribution in [0.2, 0.25) is 0 Å². The Morgan fingerprint density at radius 1 is 1.38 bits per heavy atom. The van der Waals surface area contributed by atoms with Gasteiger partial charge in [-0.25, -0.2) is 0 Å². The maximum absolute atomic E-state index is 11.3. The Bertz CT molecular complexity index is 611. The van der Waals surface area contributed by atoms with Crippen LogP contribution in [0, 0.1) is 5.92 Å². The van der Waals surface area contributed by atoms with E-state index in [4.69, 9.17) is 10.3 Å². The molecule has 1 aromatic heterocycles. The van der Waals surface area contributed by atoms with Crippen molar-refractivity contribution in [3.8, 4) is 11.4 Å². The zero-order valence-corrected chi connectivity index (χ0v) is 11.7. The standard InChI is InChI=1S/C15H18N4O2/c16-14(20)12-7-4-8-19(9-12)10-13-17-15(18-21-13)11-5-2-1-3-6-11/h1-3,5-6,12H,4,7-10H2,(H2,16,20). The van der Waals surface area contributed by atoms with Crippen molar-refractivity contribution < 1.29 is 9.32 Å². The Morgan fingerprint density at radius 3 is 2.95 bits per heavy atom. The number of benzene rings is 1. The van der Waals surface area contributed by atoms with Crippen molar-refractivity contribution in [1.29, 1.82) is 0 Å². The molecular formula is C15H18N4O2. The summed E-state index contributed by atoms with van der Waals surface area (Å²) < 4.78 is 5.30. The highest BCUT2D eigenvalue weighted by molar-refractivity contribution is 5.76. The number of carbonyl (C=O) groups is 1. The quantitative estimate of drug-likeness (QED) is 0.919. The van der Waals surface area contributed by atoms with E-state index < -0.39 is 0 Å². The first-order chi connectivity index (χ1) is 10.2. The molecule has 0 bridgehead atoms. The van der Waals surface area contributed by atoms with Crippen molar-refractivity contribution in [2.24, 2.45) is 11.7 Å². The van der Waals surface area contributed by atoms with Crippen LogP contribution in [-0.2, 0) is 11.3 Å². The molecule has 3 rings (SSSR count). The molecule has 0 radical (unpaired) electrons. The second kappa shape index (κ2) is 6.05. The summed E-state index contributed by atoms with van der Waals surface area (Å²) in [5, 5.41) is 4.00. The summed E-state index contributed by atoms with van der Waals surface area (Å²) in [5.41, 5.74) is 6.32. The van der Waals surface area contributed by atoms with E-state index in [-0.39, 0.29) is 11.8 Å². The maximum atomic E-state index is 11.3. The Balaban J connectivity index is 1.66. The van der Waals surface area contributed by atoms with Crippen LogP contribution in [0.25, 0.3) is 11.4 Å². The lowest BCUT2D eigenvalue weighted by Gasteiger charge is -2.29. The number of likely N-dealkylation sites (tertiary alicyclic amines) is 1. The van der Waals surface area contributed by atoms with E-state index >= 15 is 0 Å². The molecule has 21 heavy (non-hydrogen) atoms. The van der Waals surface area contributed by atoms with Crippen molar-refractivity contribution >= 4 is 5.91 Å². The van der Waals surface area contributed by atoms with Crippen LogP contribution in [0.15, 0.2) is 34.9 Å². The molecule has 1 atom stereocenters. The summed E-state index contributed by atoms with van der Waals surface area (Å²) in [4.78, 5) is 17.8. The van der Waals surface area contributed by atoms with Crippen LogP contribution in [0.5, 0.6) is 0 Å². The average molecular weight is 286 g/mol. The molecule has 0 spiro atoms. The number of hydrogen-bond donors (Lipinski definition) is 1. The summed E-state index contributed by atoms with van der Waals surface area (Å²) in [5.74, 6) is 0.860. The normalized spacial score (nSPS) is 19.5. The first kappa shape index (κ1) is 13.8. The predicted octanol–water partition coefficient (Wildman–Crippen LogP) is 1.43. The van der Waals surface area contributed by atoms with Crippen molar-refractivity contribution in [1.82, 2.24) is 15.0 Å². The summed E-state index contributed by atoms with van der Waals surface area (Å²) in [6.07, 6.45) is 1.83. The maximum Gasteiger partial charge on any atom is 0.241 e. The zero-order valence-electron chi connectivity index (χ0n) is 11.7. The number of carbonyl (C=O) groups excluding carboxylic acids is 1. The molecular weight excluding hydrogens is 268 g/mol. The largest absolute Gasteiger partial charge is 0.369 e. The molecule has 1 aliphatic heterocycles. The van der Waals surface area contributed by atoms with Crippen molar-refractivity contribution in [2.45, 2.75) is 19.4 Å². The lowest BCUT2D eigenvalue weighted by Crippen LogP contribution is -2.40. The molecule has 1 aromatic carbocycles. The Labute approximate surface area is 122 Å². The zero-order chi connectivity index (χ0) is 14.7. The van der Waals surface area contributed by atoms with Crippen LogP contribution in [0.4, 0.5) is 0 Å². The molecule has 1 aliphatic rings. The molecule has 1 saturated heterocycles. The molecule has 2 aromatic rings. The van der Waals surface area contributed by atoms with E-state index in [0.717, 1.165) is 24.9 Å². The fourth-order valence-corrected chi connectivity index (χ4v) is 2.65. The molecule has 0 aliphatic carbocycles. The van der Waals surface area contributed by atoms with Gasteiger partial charge in [-0.15, -0.1) is 0 Å². The number of rotatable bonds is 4. The molecule has 0 saturated carbocycles. The van der Waals surface area contributed by atoms with Gasteiger partial charge in [0.1, 0.15) is 0 Å². The number of nitrogens with two attached hydrogens (primary N) is 1. The minimum Gasteiger partial charge on any atom is -0.369 e. The van der Waals surface area contributed by atoms with Gasteiger partial charge in [0, 0.05) is 12.1 Å². The van der Waals surface area contributed by atoms with Crippen LogP contribution in [0.1, 0.15) is 18.7 Å². The molecule has 1 fully saturated rings. The van der Waals surface area contributed by atoms with Gasteiger partial charge < -0.3 is 10.3 Å². The monoisotopic (exact) mass is 286 g/mol. The summed E-state index contributed by atoms with van der Waals surface area (Å²) in [6, 6.07) is 9.71. The molecule has 110 valence electrons. The fourth-order valence-electron chi connectivity index (χ4n) is 2.65. The molecule has 1 unspecified atom stereocenters. The first-order valence-corrected chi connectivity index (χ1v) is 7.12. The number of hydrogen-bond acceptors (Lipinski definition) is 5. The van der Waals surface area contributed by atoms with Gasteiger partial charge in [0.2, 0.25) is 17.6 Å². The number of piperidine rings is 1. The third kappa shape index (κ3) is 3.28. The van der Waals surface area contributed by atoms with Crippen molar-refractivity contribution in [3.05, 3.63) is 36.2 Å². The predicted molar refractivity (Wildman–Crippen MR) is 76.9 cm³/mol. The SMILES string of the molecule is NC(=O)C1CCCN(Cc2nc(-c3ccccc3)no2)C1. The summed E-state index contributed by atoms with van der Waals surface area (Å²) in [7, 11) is 0. The fraction of sp³-hybridized carbons (Fsp3) is 0.400. The van der Waals surface area contributed by atoms with E-state index in [1.54, 1.807) is 0 Å².